The zero-order valence-electron chi connectivity index (χ0n) is 21.0. The number of imidazole rings is 1. The fourth-order valence-corrected chi connectivity index (χ4v) is 3.73. The molecule has 0 radical (unpaired) electrons. The maximum Gasteiger partial charge on any atom is 0.434 e. The van der Waals surface area contributed by atoms with Crippen molar-refractivity contribution in [1.82, 2.24) is 29.5 Å². The van der Waals surface area contributed by atoms with Gasteiger partial charge in [-0.15, -0.1) is 0 Å². The van der Waals surface area contributed by atoms with Crippen LogP contribution < -0.4 is 4.74 Å². The zero-order valence-corrected chi connectivity index (χ0v) is 18.0. The monoisotopic (exact) mass is 469 g/mol. The van der Waals surface area contributed by atoms with Gasteiger partial charge in [-0.1, -0.05) is 24.3 Å². The summed E-state index contributed by atoms with van der Waals surface area (Å²) in [6, 6.07) is 8.25. The van der Waals surface area contributed by atoms with Crippen LogP contribution in [0.4, 0.5) is 13.2 Å². The summed E-state index contributed by atoms with van der Waals surface area (Å²) >= 11 is 0. The fourth-order valence-electron chi connectivity index (χ4n) is 3.73. The topological polar surface area (TPSA) is 78.6 Å². The van der Waals surface area contributed by atoms with Crippen LogP contribution in [0.25, 0.3) is 22.8 Å². The van der Waals surface area contributed by atoms with Gasteiger partial charge in [-0.2, -0.15) is 13.2 Å². The highest BCUT2D eigenvalue weighted by molar-refractivity contribution is 5.66. The Morgan fingerprint density at radius 2 is 1.88 bits per heavy atom. The number of rotatable bonds is 6. The van der Waals surface area contributed by atoms with Gasteiger partial charge in [-0.3, -0.25) is 0 Å². The number of halogens is 3. The van der Waals surface area contributed by atoms with Gasteiger partial charge < -0.3 is 9.30 Å². The van der Waals surface area contributed by atoms with E-state index >= 15 is 0 Å². The van der Waals surface area contributed by atoms with Crippen molar-refractivity contribution < 1.29 is 22.0 Å². The van der Waals surface area contributed by atoms with E-state index in [-0.39, 0.29) is 11.4 Å². The highest BCUT2D eigenvalue weighted by atomic mass is 19.4. The summed E-state index contributed by atoms with van der Waals surface area (Å²) in [6.45, 7) is -2.82. The zero-order chi connectivity index (χ0) is 26.4. The Kier molecular flexibility index (Phi) is 4.65. The minimum Gasteiger partial charge on any atom is -0.480 e. The summed E-state index contributed by atoms with van der Waals surface area (Å²) in [5.74, 6) is 0.897. The van der Waals surface area contributed by atoms with E-state index in [1.807, 2.05) is 0 Å². The maximum atomic E-state index is 13.2. The molecule has 0 unspecified atom stereocenters. The summed E-state index contributed by atoms with van der Waals surface area (Å²) in [4.78, 5) is 21.3. The number of methoxy groups -OCH3 is 1. The molecule has 3 aromatic heterocycles. The van der Waals surface area contributed by atoms with E-state index in [2.05, 4.69) is 24.9 Å². The molecule has 1 aliphatic carbocycles. The van der Waals surface area contributed by atoms with Gasteiger partial charge in [-0.25, -0.2) is 24.9 Å². The van der Waals surface area contributed by atoms with Gasteiger partial charge in [0.25, 0.3) is 0 Å². The van der Waals surface area contributed by atoms with Crippen LogP contribution in [0.5, 0.6) is 5.88 Å². The number of ether oxygens (including phenoxy) is 1. The van der Waals surface area contributed by atoms with Crippen LogP contribution in [0.3, 0.4) is 0 Å². The Balaban J connectivity index is 1.43. The summed E-state index contributed by atoms with van der Waals surface area (Å²) in [5, 5.41) is 0. The number of aromatic nitrogens is 6. The SMILES string of the molecule is [2H]C([2H])([2H])n1cc(C(F)(F)F)nc1-c1ccc(Cc2ccnc(-c3c(OC)ncnc3C3CC3)n2)cc1. The third-order valence-corrected chi connectivity index (χ3v) is 5.53. The van der Waals surface area contributed by atoms with Crippen LogP contribution in [0, 0.1) is 0 Å². The quantitative estimate of drug-likeness (QED) is 0.403. The molecule has 4 aromatic rings. The molecule has 1 fully saturated rings. The Morgan fingerprint density at radius 1 is 1.09 bits per heavy atom. The summed E-state index contributed by atoms with van der Waals surface area (Å²) < 4.78 is 68.3. The number of alkyl halides is 3. The van der Waals surface area contributed by atoms with Crippen molar-refractivity contribution >= 4 is 0 Å². The molecule has 0 spiro atoms. The second-order valence-electron chi connectivity index (χ2n) is 7.98. The van der Waals surface area contributed by atoms with Gasteiger partial charge in [0.05, 0.1) is 12.8 Å². The molecule has 1 saturated carbocycles. The molecule has 10 heteroatoms. The molecule has 5 rings (SSSR count). The van der Waals surface area contributed by atoms with Crippen molar-refractivity contribution in [1.29, 1.82) is 0 Å². The molecule has 3 heterocycles. The molecule has 0 N–H and O–H groups in total. The molecule has 1 aliphatic rings. The Labute approximate surface area is 197 Å². The number of hydrogen-bond donors (Lipinski definition) is 0. The first-order valence-electron chi connectivity index (χ1n) is 12.0. The Morgan fingerprint density at radius 3 is 2.56 bits per heavy atom. The van der Waals surface area contributed by atoms with Crippen LogP contribution in [0.2, 0.25) is 0 Å². The lowest BCUT2D eigenvalue weighted by Gasteiger charge is -2.11. The fraction of sp³-hybridized carbons (Fsp3) is 0.292. The third-order valence-electron chi connectivity index (χ3n) is 5.53. The van der Waals surface area contributed by atoms with Crippen molar-refractivity contribution in [3.63, 3.8) is 0 Å². The average molecular weight is 469 g/mol. The molecule has 174 valence electrons. The van der Waals surface area contributed by atoms with Gasteiger partial charge in [0.15, 0.2) is 11.5 Å². The lowest BCUT2D eigenvalue weighted by atomic mass is 10.1. The molecule has 1 aromatic carbocycles. The summed E-state index contributed by atoms with van der Waals surface area (Å²) in [7, 11) is 1.53. The van der Waals surface area contributed by atoms with E-state index in [4.69, 9.17) is 8.85 Å². The first-order valence-corrected chi connectivity index (χ1v) is 10.5. The van der Waals surface area contributed by atoms with E-state index in [1.54, 1.807) is 36.5 Å². The van der Waals surface area contributed by atoms with Crippen LogP contribution in [-0.2, 0) is 19.6 Å². The largest absolute Gasteiger partial charge is 0.480 e. The predicted molar refractivity (Wildman–Crippen MR) is 118 cm³/mol. The van der Waals surface area contributed by atoms with Crippen LogP contribution in [0.1, 0.15) is 45.5 Å². The van der Waals surface area contributed by atoms with Crippen molar-refractivity contribution in [2.45, 2.75) is 31.4 Å². The third kappa shape index (κ3) is 4.35. The molecule has 0 amide bonds. The molecule has 0 saturated heterocycles. The normalized spacial score (nSPS) is 15.5. The number of nitrogens with zero attached hydrogens (tertiary/aromatic N) is 6. The van der Waals surface area contributed by atoms with Crippen molar-refractivity contribution in [3.05, 3.63) is 71.7 Å². The van der Waals surface area contributed by atoms with Gasteiger partial charge in [0.1, 0.15) is 17.7 Å². The second kappa shape index (κ2) is 8.51. The first-order chi connectivity index (χ1) is 17.5. The van der Waals surface area contributed by atoms with Crippen molar-refractivity contribution in [3.8, 4) is 28.7 Å². The van der Waals surface area contributed by atoms with E-state index < -0.39 is 18.8 Å². The van der Waals surface area contributed by atoms with Gasteiger partial charge in [0, 0.05) is 47.1 Å². The number of benzene rings is 1. The second-order valence-corrected chi connectivity index (χ2v) is 7.98. The minimum absolute atomic E-state index is 0.249. The van der Waals surface area contributed by atoms with Gasteiger partial charge >= 0.3 is 6.18 Å². The van der Waals surface area contributed by atoms with Crippen LogP contribution in [-0.4, -0.2) is 36.6 Å². The molecule has 0 atom stereocenters. The van der Waals surface area contributed by atoms with E-state index in [0.29, 0.717) is 46.1 Å². The molecule has 0 aliphatic heterocycles. The van der Waals surface area contributed by atoms with Gasteiger partial charge in [0.2, 0.25) is 5.88 Å². The van der Waals surface area contributed by atoms with Gasteiger partial charge in [-0.05, 0) is 24.5 Å². The lowest BCUT2D eigenvalue weighted by Crippen LogP contribution is -2.04. The molecule has 7 nitrogen and oxygen atoms in total. The molecule has 34 heavy (non-hydrogen) atoms. The Hall–Kier alpha value is -3.82. The van der Waals surface area contributed by atoms with E-state index in [0.717, 1.165) is 24.1 Å². The lowest BCUT2D eigenvalue weighted by molar-refractivity contribution is -0.140. The highest BCUT2D eigenvalue weighted by Gasteiger charge is 2.34. The molecular weight excluding hydrogens is 445 g/mol. The highest BCUT2D eigenvalue weighted by Crippen LogP contribution is 2.44. The van der Waals surface area contributed by atoms with Crippen molar-refractivity contribution in [2.24, 2.45) is 6.98 Å². The predicted octanol–water partition coefficient (Wildman–Crippen LogP) is 4.83. The number of aryl methyl sites for hydroxylation is 1. The summed E-state index contributed by atoms with van der Waals surface area (Å²) in [5.41, 5.74) is 2.03. The van der Waals surface area contributed by atoms with Crippen LogP contribution >= 0.6 is 0 Å². The number of hydrogen-bond acceptors (Lipinski definition) is 6. The average Bonchev–Trinajstić information content (AvgIpc) is 3.59. The minimum atomic E-state index is -4.76. The standard InChI is InChI=1S/C24H21F3N6O/c1-33-12-18(24(25,26)27)32-22(33)16-5-3-14(4-6-16)11-17-9-10-28-21(31-17)19-20(15-7-8-15)29-13-30-23(19)34-2/h3-6,9-10,12-13,15H,7-8,11H2,1-2H3/i1D3. The smallest absolute Gasteiger partial charge is 0.434 e. The molecule has 0 bridgehead atoms. The first kappa shape index (κ1) is 18.6. The maximum absolute atomic E-state index is 13.2. The Bertz CT molecular complexity index is 1430. The van der Waals surface area contributed by atoms with E-state index in [1.165, 1.54) is 13.4 Å². The van der Waals surface area contributed by atoms with Crippen LogP contribution in [0.15, 0.2) is 49.1 Å². The molecular formula is C24H21F3N6O. The van der Waals surface area contributed by atoms with E-state index in [9.17, 15) is 13.2 Å². The summed E-state index contributed by atoms with van der Waals surface area (Å²) in [6.07, 6.45) is 1.33. The van der Waals surface area contributed by atoms with Crippen molar-refractivity contribution in [2.75, 3.05) is 7.11 Å².